The standard InChI is InChI=1S/C13H16N2O4/c1-13(5-4-9(16)14-12(13)19)15-10(17)7-2-3-8(6-7)11(15)18/h7-8H,2-6H2,1H3,(H,14,16,19). The summed E-state index contributed by atoms with van der Waals surface area (Å²) in [6, 6.07) is 0. The third-order valence-electron chi connectivity index (χ3n) is 4.65. The summed E-state index contributed by atoms with van der Waals surface area (Å²) in [4.78, 5) is 49.2. The van der Waals surface area contributed by atoms with Gasteiger partial charge in [-0.3, -0.25) is 29.4 Å². The highest BCUT2D eigenvalue weighted by Crippen LogP contribution is 2.42. The maximum absolute atomic E-state index is 12.4. The van der Waals surface area contributed by atoms with Gasteiger partial charge in [0.05, 0.1) is 0 Å². The lowest BCUT2D eigenvalue weighted by atomic mass is 9.84. The van der Waals surface area contributed by atoms with E-state index >= 15 is 0 Å². The molecule has 6 heteroatoms. The monoisotopic (exact) mass is 264 g/mol. The molecule has 2 saturated heterocycles. The fourth-order valence-electron chi connectivity index (χ4n) is 3.40. The summed E-state index contributed by atoms with van der Waals surface area (Å²) in [5.41, 5.74) is -1.21. The molecule has 1 aliphatic carbocycles. The second-order valence-corrected chi connectivity index (χ2v) is 5.87. The summed E-state index contributed by atoms with van der Waals surface area (Å²) >= 11 is 0. The van der Waals surface area contributed by atoms with E-state index in [-0.39, 0.29) is 42.4 Å². The van der Waals surface area contributed by atoms with E-state index in [0.717, 1.165) is 17.7 Å². The Balaban J connectivity index is 1.96. The fraction of sp³-hybridized carbons (Fsp3) is 0.692. The van der Waals surface area contributed by atoms with Crippen LogP contribution in [-0.2, 0) is 19.2 Å². The predicted molar refractivity (Wildman–Crippen MR) is 63.5 cm³/mol. The first-order valence-corrected chi connectivity index (χ1v) is 6.65. The summed E-state index contributed by atoms with van der Waals surface area (Å²) in [6.07, 6.45) is 2.44. The highest BCUT2D eigenvalue weighted by atomic mass is 16.2. The van der Waals surface area contributed by atoms with Gasteiger partial charge in [-0.1, -0.05) is 0 Å². The van der Waals surface area contributed by atoms with E-state index in [0.29, 0.717) is 6.42 Å². The summed E-state index contributed by atoms with van der Waals surface area (Å²) in [6.45, 7) is 1.58. The van der Waals surface area contributed by atoms with Crippen LogP contribution in [0.4, 0.5) is 0 Å². The minimum atomic E-state index is -1.21. The van der Waals surface area contributed by atoms with Crippen LogP contribution >= 0.6 is 0 Å². The molecule has 3 atom stereocenters. The predicted octanol–water partition coefficient (Wildman–Crippen LogP) is -0.0332. The van der Waals surface area contributed by atoms with Crippen LogP contribution in [0, 0.1) is 11.8 Å². The molecule has 4 amide bonds. The van der Waals surface area contributed by atoms with E-state index < -0.39 is 11.4 Å². The zero-order chi connectivity index (χ0) is 13.8. The second-order valence-electron chi connectivity index (χ2n) is 5.87. The van der Waals surface area contributed by atoms with E-state index in [1.165, 1.54) is 0 Å². The quantitative estimate of drug-likeness (QED) is 0.674. The number of fused-ring (bicyclic) bond motifs is 2. The van der Waals surface area contributed by atoms with E-state index in [1.54, 1.807) is 6.92 Å². The van der Waals surface area contributed by atoms with E-state index in [2.05, 4.69) is 5.32 Å². The molecule has 3 rings (SSSR count). The molecule has 1 N–H and O–H groups in total. The average Bonchev–Trinajstić information content (AvgIpc) is 2.79. The lowest BCUT2D eigenvalue weighted by Gasteiger charge is -2.43. The average molecular weight is 264 g/mol. The molecular formula is C13H16N2O4. The van der Waals surface area contributed by atoms with Gasteiger partial charge in [-0.25, -0.2) is 0 Å². The summed E-state index contributed by atoms with van der Waals surface area (Å²) in [7, 11) is 0. The number of piperidine rings is 2. The van der Waals surface area contributed by atoms with Gasteiger partial charge >= 0.3 is 0 Å². The summed E-state index contributed by atoms with van der Waals surface area (Å²) in [5.74, 6) is -1.64. The van der Waals surface area contributed by atoms with Crippen molar-refractivity contribution in [1.82, 2.24) is 10.2 Å². The van der Waals surface area contributed by atoms with Gasteiger partial charge < -0.3 is 0 Å². The molecule has 6 nitrogen and oxygen atoms in total. The SMILES string of the molecule is CC1(N2C(=O)C3CCC(C3)C2=O)CCC(=O)NC1=O. The highest BCUT2D eigenvalue weighted by molar-refractivity contribution is 6.10. The maximum atomic E-state index is 12.4. The van der Waals surface area contributed by atoms with Gasteiger partial charge in [-0.05, 0) is 32.6 Å². The third-order valence-corrected chi connectivity index (χ3v) is 4.65. The van der Waals surface area contributed by atoms with E-state index in [9.17, 15) is 19.2 Å². The molecule has 0 aromatic heterocycles. The Bertz CT molecular complexity index is 479. The molecule has 102 valence electrons. The topological polar surface area (TPSA) is 83.6 Å². The Hall–Kier alpha value is -1.72. The largest absolute Gasteiger partial charge is 0.294 e. The molecule has 2 heterocycles. The van der Waals surface area contributed by atoms with Gasteiger partial charge in [0.1, 0.15) is 5.54 Å². The van der Waals surface area contributed by atoms with Crippen molar-refractivity contribution in [2.75, 3.05) is 0 Å². The number of hydrogen-bond donors (Lipinski definition) is 1. The van der Waals surface area contributed by atoms with Crippen molar-refractivity contribution >= 4 is 23.6 Å². The third kappa shape index (κ3) is 1.62. The molecule has 1 saturated carbocycles. The first-order chi connectivity index (χ1) is 8.93. The lowest BCUT2D eigenvalue weighted by Crippen LogP contribution is -2.66. The maximum Gasteiger partial charge on any atom is 0.252 e. The van der Waals surface area contributed by atoms with Crippen molar-refractivity contribution in [1.29, 1.82) is 0 Å². The van der Waals surface area contributed by atoms with Crippen molar-refractivity contribution in [2.45, 2.75) is 44.6 Å². The van der Waals surface area contributed by atoms with Crippen LogP contribution in [-0.4, -0.2) is 34.1 Å². The molecule has 3 aliphatic rings. The van der Waals surface area contributed by atoms with Crippen LogP contribution in [0.25, 0.3) is 0 Å². The Labute approximate surface area is 110 Å². The molecule has 0 radical (unpaired) electrons. The molecule has 3 fully saturated rings. The fourth-order valence-corrected chi connectivity index (χ4v) is 3.40. The number of nitrogens with one attached hydrogen (secondary N) is 1. The number of hydrogen-bond acceptors (Lipinski definition) is 4. The van der Waals surface area contributed by atoms with Gasteiger partial charge in [0.25, 0.3) is 5.91 Å². The van der Waals surface area contributed by atoms with Crippen LogP contribution in [0.2, 0.25) is 0 Å². The number of amides is 4. The van der Waals surface area contributed by atoms with Crippen LogP contribution < -0.4 is 5.32 Å². The highest BCUT2D eigenvalue weighted by Gasteiger charge is 2.55. The molecule has 2 aliphatic heterocycles. The van der Waals surface area contributed by atoms with Crippen molar-refractivity contribution in [3.8, 4) is 0 Å². The Morgan fingerprint density at radius 2 is 1.68 bits per heavy atom. The molecule has 0 spiro atoms. The molecule has 19 heavy (non-hydrogen) atoms. The van der Waals surface area contributed by atoms with Crippen LogP contribution in [0.15, 0.2) is 0 Å². The summed E-state index contributed by atoms with van der Waals surface area (Å²) < 4.78 is 0. The van der Waals surface area contributed by atoms with E-state index in [4.69, 9.17) is 0 Å². The van der Waals surface area contributed by atoms with Crippen LogP contribution in [0.1, 0.15) is 39.0 Å². The minimum Gasteiger partial charge on any atom is -0.294 e. The Morgan fingerprint density at radius 3 is 2.21 bits per heavy atom. The van der Waals surface area contributed by atoms with Crippen molar-refractivity contribution in [3.05, 3.63) is 0 Å². The zero-order valence-corrected chi connectivity index (χ0v) is 10.8. The van der Waals surface area contributed by atoms with Crippen LogP contribution in [0.3, 0.4) is 0 Å². The number of nitrogens with zero attached hydrogens (tertiary/aromatic N) is 1. The summed E-state index contributed by atoms with van der Waals surface area (Å²) in [5, 5.41) is 2.23. The number of carbonyl (C=O) groups is 4. The van der Waals surface area contributed by atoms with Gasteiger partial charge in [-0.15, -0.1) is 0 Å². The van der Waals surface area contributed by atoms with Crippen molar-refractivity contribution in [3.63, 3.8) is 0 Å². The smallest absolute Gasteiger partial charge is 0.252 e. The minimum absolute atomic E-state index is 0.134. The molecule has 2 bridgehead atoms. The number of likely N-dealkylation sites (tertiary alicyclic amines) is 1. The lowest BCUT2D eigenvalue weighted by molar-refractivity contribution is -0.167. The first-order valence-electron chi connectivity index (χ1n) is 6.65. The number of imide groups is 2. The molecule has 3 unspecified atom stereocenters. The van der Waals surface area contributed by atoms with E-state index in [1.807, 2.05) is 0 Å². The van der Waals surface area contributed by atoms with Gasteiger partial charge in [0.15, 0.2) is 0 Å². The van der Waals surface area contributed by atoms with Gasteiger partial charge in [0, 0.05) is 18.3 Å². The zero-order valence-electron chi connectivity index (χ0n) is 10.8. The van der Waals surface area contributed by atoms with Crippen molar-refractivity contribution < 1.29 is 19.2 Å². The molecule has 0 aromatic rings. The Kier molecular flexibility index (Phi) is 2.52. The number of rotatable bonds is 1. The Morgan fingerprint density at radius 1 is 1.11 bits per heavy atom. The van der Waals surface area contributed by atoms with Crippen LogP contribution in [0.5, 0.6) is 0 Å². The number of carbonyl (C=O) groups excluding carboxylic acids is 4. The normalized spacial score (nSPS) is 38.7. The second kappa shape index (κ2) is 3.88. The first kappa shape index (κ1) is 12.3. The molecular weight excluding hydrogens is 248 g/mol. The van der Waals surface area contributed by atoms with Crippen molar-refractivity contribution in [2.24, 2.45) is 11.8 Å². The van der Waals surface area contributed by atoms with Gasteiger partial charge in [0.2, 0.25) is 17.7 Å². The molecule has 0 aromatic carbocycles. The van der Waals surface area contributed by atoms with Gasteiger partial charge in [-0.2, -0.15) is 0 Å².